The molecule has 0 saturated heterocycles. The number of hydrogen-bond donors (Lipinski definition) is 3. The number of sulfonamides is 1. The molecule has 5 rings (SSSR count). The number of nitrogens with one attached hydrogen (secondary N) is 2. The maximum atomic E-state index is 15.3. The van der Waals surface area contributed by atoms with E-state index in [1.807, 2.05) is 13.8 Å². The third-order valence-corrected chi connectivity index (χ3v) is 7.88. The number of benzene rings is 1. The Hall–Kier alpha value is -3.29. The van der Waals surface area contributed by atoms with Crippen molar-refractivity contribution in [2.24, 2.45) is 0 Å². The fourth-order valence-electron chi connectivity index (χ4n) is 4.78. The molecule has 38 heavy (non-hydrogen) atoms. The molecule has 0 bridgehead atoms. The van der Waals surface area contributed by atoms with Gasteiger partial charge in [0.25, 0.3) is 0 Å². The van der Waals surface area contributed by atoms with Crippen LogP contribution in [0, 0.1) is 5.82 Å². The molecular weight excluding hydrogens is 535 g/mol. The van der Waals surface area contributed by atoms with Gasteiger partial charge in [-0.25, -0.2) is 27.8 Å². The van der Waals surface area contributed by atoms with Gasteiger partial charge in [0, 0.05) is 18.2 Å². The van der Waals surface area contributed by atoms with E-state index in [1.54, 1.807) is 24.5 Å². The minimum atomic E-state index is -3.45. The summed E-state index contributed by atoms with van der Waals surface area (Å²) in [5.74, 6) is 0.0186. The van der Waals surface area contributed by atoms with Crippen LogP contribution in [0.3, 0.4) is 0 Å². The Balaban J connectivity index is 1.55. The van der Waals surface area contributed by atoms with Crippen molar-refractivity contribution in [3.8, 4) is 11.3 Å². The molecule has 1 aliphatic heterocycles. The van der Waals surface area contributed by atoms with E-state index in [0.29, 0.717) is 40.4 Å². The molecule has 3 N–H and O–H groups in total. The van der Waals surface area contributed by atoms with Crippen LogP contribution < -0.4 is 9.62 Å². The fourth-order valence-corrected chi connectivity index (χ4v) is 5.92. The van der Waals surface area contributed by atoms with E-state index in [-0.39, 0.29) is 35.1 Å². The summed E-state index contributed by atoms with van der Waals surface area (Å²) >= 11 is 6.46. The van der Waals surface area contributed by atoms with E-state index >= 15 is 4.39 Å². The molecule has 1 aromatic carbocycles. The van der Waals surface area contributed by atoms with Crippen molar-refractivity contribution >= 4 is 44.3 Å². The molecule has 1 atom stereocenters. The van der Waals surface area contributed by atoms with Gasteiger partial charge in [-0.15, -0.1) is 0 Å². The molecule has 14 heteroatoms. The number of nitrogens with zero attached hydrogens (tertiary/aromatic N) is 6. The molecule has 4 heterocycles. The summed E-state index contributed by atoms with van der Waals surface area (Å²) in [7, 11) is -3.45. The zero-order valence-electron chi connectivity index (χ0n) is 21.5. The molecule has 0 unspecified atom stereocenters. The molecule has 3 aromatic heterocycles. The molecular formula is C24H28ClFN8O3S. The molecule has 4 aromatic rings. The monoisotopic (exact) mass is 562 g/mol. The normalized spacial score (nSPS) is 16.3. The number of H-pyrrole nitrogens is 1. The van der Waals surface area contributed by atoms with Crippen LogP contribution in [0.4, 0.5) is 16.0 Å². The van der Waals surface area contributed by atoms with Crippen molar-refractivity contribution in [3.63, 3.8) is 0 Å². The third-order valence-electron chi connectivity index (χ3n) is 6.42. The van der Waals surface area contributed by atoms with E-state index in [9.17, 15) is 13.5 Å². The fraction of sp³-hybridized carbons (Fsp3) is 0.417. The van der Waals surface area contributed by atoms with Gasteiger partial charge >= 0.3 is 0 Å². The first-order valence-corrected chi connectivity index (χ1v) is 14.2. The Bertz CT molecular complexity index is 1640. The topological polar surface area (TPSA) is 142 Å². The largest absolute Gasteiger partial charge is 0.383 e. The number of aromatic amines is 1. The minimum Gasteiger partial charge on any atom is -0.383 e. The van der Waals surface area contributed by atoms with Gasteiger partial charge in [-0.3, -0.25) is 9.40 Å². The first-order valence-electron chi connectivity index (χ1n) is 12.0. The predicted octanol–water partition coefficient (Wildman–Crippen LogP) is 4.14. The number of halogens is 2. The van der Waals surface area contributed by atoms with Crippen LogP contribution >= 0.6 is 11.6 Å². The van der Waals surface area contributed by atoms with E-state index < -0.39 is 21.4 Å². The van der Waals surface area contributed by atoms with Gasteiger partial charge < -0.3 is 15.0 Å². The lowest BCUT2D eigenvalue weighted by atomic mass is 10.1. The first-order chi connectivity index (χ1) is 17.8. The summed E-state index contributed by atoms with van der Waals surface area (Å²) in [5.41, 5.74) is 1.15. The van der Waals surface area contributed by atoms with Crippen LogP contribution in [0.1, 0.15) is 57.7 Å². The highest BCUT2D eigenvalue weighted by Gasteiger charge is 2.32. The zero-order chi connectivity index (χ0) is 27.6. The summed E-state index contributed by atoms with van der Waals surface area (Å²) in [6.45, 7) is 7.33. The van der Waals surface area contributed by atoms with Crippen molar-refractivity contribution in [1.82, 2.24) is 29.7 Å². The third kappa shape index (κ3) is 4.58. The van der Waals surface area contributed by atoms with Crippen molar-refractivity contribution < 1.29 is 17.9 Å². The van der Waals surface area contributed by atoms with Gasteiger partial charge in [-0.05, 0) is 46.2 Å². The van der Waals surface area contributed by atoms with Crippen molar-refractivity contribution in [2.75, 3.05) is 22.4 Å². The molecule has 0 saturated carbocycles. The van der Waals surface area contributed by atoms with Crippen LogP contribution in [0.2, 0.25) is 5.02 Å². The summed E-state index contributed by atoms with van der Waals surface area (Å²) in [6, 6.07) is 2.62. The van der Waals surface area contributed by atoms with Crippen molar-refractivity contribution in [3.05, 3.63) is 46.9 Å². The Labute approximate surface area is 224 Å². The molecule has 0 fully saturated rings. The number of aromatic nitrogens is 6. The lowest BCUT2D eigenvalue weighted by Gasteiger charge is -2.31. The van der Waals surface area contributed by atoms with Crippen LogP contribution in [-0.2, 0) is 15.6 Å². The standard InChI is InChI=1S/C24H28ClFN8O3S/c1-12(2)34-17-9-13(8-15(26)20(17)30-22(34)24(3,4)35)19-14(25)10-27-23(31-19)29-16-6-7-33(38(5,36)37)18-11-28-32-21(16)18/h8-12,16,35H,6-7H2,1-5H3,(H,28,32)(H,27,29,31)/t16-/m1/s1. The Morgan fingerprint density at radius 2 is 2.00 bits per heavy atom. The number of aliphatic hydroxyl groups is 1. The Morgan fingerprint density at radius 1 is 1.26 bits per heavy atom. The van der Waals surface area contributed by atoms with Crippen molar-refractivity contribution in [1.29, 1.82) is 0 Å². The summed E-state index contributed by atoms with van der Waals surface area (Å²) < 4.78 is 42.8. The van der Waals surface area contributed by atoms with Crippen LogP contribution in [-0.4, -0.2) is 56.0 Å². The van der Waals surface area contributed by atoms with E-state index in [0.717, 1.165) is 6.26 Å². The second kappa shape index (κ2) is 9.17. The zero-order valence-corrected chi connectivity index (χ0v) is 23.1. The van der Waals surface area contributed by atoms with Gasteiger partial charge in [0.05, 0.1) is 52.3 Å². The maximum absolute atomic E-state index is 15.3. The number of anilines is 2. The van der Waals surface area contributed by atoms with Gasteiger partial charge in [-0.2, -0.15) is 5.10 Å². The molecule has 1 aliphatic rings. The van der Waals surface area contributed by atoms with Crippen LogP contribution in [0.25, 0.3) is 22.3 Å². The second-order valence-corrected chi connectivity index (χ2v) is 12.5. The van der Waals surface area contributed by atoms with Gasteiger partial charge in [-0.1, -0.05) is 11.6 Å². The lowest BCUT2D eigenvalue weighted by Crippen LogP contribution is -2.37. The van der Waals surface area contributed by atoms with Crippen LogP contribution in [0.15, 0.2) is 24.5 Å². The Kier molecular flexibility index (Phi) is 6.35. The summed E-state index contributed by atoms with van der Waals surface area (Å²) in [4.78, 5) is 13.3. The summed E-state index contributed by atoms with van der Waals surface area (Å²) in [6.07, 6.45) is 4.49. The van der Waals surface area contributed by atoms with Gasteiger partial charge in [0.15, 0.2) is 5.82 Å². The number of imidazole rings is 1. The highest BCUT2D eigenvalue weighted by atomic mass is 35.5. The quantitative estimate of drug-likeness (QED) is 0.318. The Morgan fingerprint density at radius 3 is 2.66 bits per heavy atom. The minimum absolute atomic E-state index is 0.101. The van der Waals surface area contributed by atoms with E-state index in [2.05, 4.69) is 30.5 Å². The summed E-state index contributed by atoms with van der Waals surface area (Å²) in [5, 5.41) is 21.0. The maximum Gasteiger partial charge on any atom is 0.232 e. The average Bonchev–Trinajstić information content (AvgIpc) is 3.45. The molecule has 0 amide bonds. The highest BCUT2D eigenvalue weighted by Crippen LogP contribution is 2.37. The van der Waals surface area contributed by atoms with Crippen LogP contribution in [0.5, 0.6) is 0 Å². The molecule has 202 valence electrons. The SMILES string of the molecule is CC(C)n1c(C(C)(C)O)nc2c(F)cc(-c3nc(N[C@@H]4CCN(S(C)(=O)=O)c5cn[nH]c54)ncc3Cl)cc21. The number of rotatable bonds is 6. The molecule has 0 aliphatic carbocycles. The van der Waals surface area contributed by atoms with E-state index in [1.165, 1.54) is 22.8 Å². The molecule has 11 nitrogen and oxygen atoms in total. The highest BCUT2D eigenvalue weighted by molar-refractivity contribution is 7.92. The van der Waals surface area contributed by atoms with Crippen molar-refractivity contribution in [2.45, 2.75) is 51.8 Å². The smallest absolute Gasteiger partial charge is 0.232 e. The first kappa shape index (κ1) is 26.3. The van der Waals surface area contributed by atoms with Gasteiger partial charge in [0.2, 0.25) is 16.0 Å². The molecule has 0 spiro atoms. The lowest BCUT2D eigenvalue weighted by molar-refractivity contribution is 0.0641. The predicted molar refractivity (Wildman–Crippen MR) is 143 cm³/mol. The number of fused-ring (bicyclic) bond motifs is 2. The number of hydrogen-bond acceptors (Lipinski definition) is 8. The second-order valence-electron chi connectivity index (χ2n) is 10.2. The molecule has 0 radical (unpaired) electrons. The van der Waals surface area contributed by atoms with E-state index in [4.69, 9.17) is 11.6 Å². The van der Waals surface area contributed by atoms with Gasteiger partial charge in [0.1, 0.15) is 16.9 Å². The average molecular weight is 563 g/mol.